The fourth-order valence-electron chi connectivity index (χ4n) is 2.49. The van der Waals surface area contributed by atoms with E-state index in [-0.39, 0.29) is 0 Å². The van der Waals surface area contributed by atoms with E-state index in [0.29, 0.717) is 5.92 Å². The maximum absolute atomic E-state index is 6.20. The Labute approximate surface area is 123 Å². The van der Waals surface area contributed by atoms with Crippen molar-refractivity contribution in [1.82, 2.24) is 0 Å². The summed E-state index contributed by atoms with van der Waals surface area (Å²) in [5, 5.41) is 0.879. The van der Waals surface area contributed by atoms with E-state index in [1.165, 1.54) is 50.5 Å². The fraction of sp³-hybridized carbons (Fsp3) is 0.647. The Morgan fingerprint density at radius 1 is 1.05 bits per heavy atom. The van der Waals surface area contributed by atoms with Crippen molar-refractivity contribution in [3.63, 3.8) is 0 Å². The van der Waals surface area contributed by atoms with Crippen molar-refractivity contribution in [3.05, 3.63) is 34.9 Å². The lowest BCUT2D eigenvalue weighted by atomic mass is 9.93. The van der Waals surface area contributed by atoms with Crippen LogP contribution in [0.3, 0.4) is 0 Å². The summed E-state index contributed by atoms with van der Waals surface area (Å²) < 4.78 is 0. The van der Waals surface area contributed by atoms with Crippen molar-refractivity contribution in [1.29, 1.82) is 0 Å². The molecule has 0 aliphatic carbocycles. The minimum Gasteiger partial charge on any atom is -0.330 e. The second-order valence-corrected chi connectivity index (χ2v) is 5.86. The van der Waals surface area contributed by atoms with Crippen LogP contribution in [0, 0.1) is 5.92 Å². The predicted molar refractivity (Wildman–Crippen MR) is 85.7 cm³/mol. The monoisotopic (exact) mass is 281 g/mol. The zero-order valence-corrected chi connectivity index (χ0v) is 13.0. The number of halogens is 1. The standard InChI is InChI=1S/C17H28ClN/c1-2-3-4-5-6-7-10-15(14-19)13-16-11-8-9-12-17(16)18/h8-9,11-12,15H,2-7,10,13-14,19H2,1H3. The van der Waals surface area contributed by atoms with Gasteiger partial charge in [-0.15, -0.1) is 0 Å². The van der Waals surface area contributed by atoms with Crippen molar-refractivity contribution < 1.29 is 0 Å². The van der Waals surface area contributed by atoms with Crippen LogP contribution in [0.1, 0.15) is 57.4 Å². The van der Waals surface area contributed by atoms with Crippen LogP contribution >= 0.6 is 11.6 Å². The van der Waals surface area contributed by atoms with E-state index in [1.54, 1.807) is 0 Å². The molecule has 0 amide bonds. The molecule has 108 valence electrons. The van der Waals surface area contributed by atoms with Gasteiger partial charge in [0.05, 0.1) is 0 Å². The summed E-state index contributed by atoms with van der Waals surface area (Å²) in [5.41, 5.74) is 7.13. The smallest absolute Gasteiger partial charge is 0.0438 e. The molecule has 1 nitrogen and oxygen atoms in total. The molecule has 19 heavy (non-hydrogen) atoms. The van der Waals surface area contributed by atoms with Crippen molar-refractivity contribution in [3.8, 4) is 0 Å². The second-order valence-electron chi connectivity index (χ2n) is 5.45. The van der Waals surface area contributed by atoms with Crippen LogP contribution in [0.4, 0.5) is 0 Å². The highest BCUT2D eigenvalue weighted by atomic mass is 35.5. The lowest BCUT2D eigenvalue weighted by Crippen LogP contribution is -2.17. The molecule has 0 spiro atoms. The van der Waals surface area contributed by atoms with Crippen molar-refractivity contribution in [2.75, 3.05) is 6.54 Å². The van der Waals surface area contributed by atoms with Gasteiger partial charge >= 0.3 is 0 Å². The largest absolute Gasteiger partial charge is 0.330 e. The van der Waals surface area contributed by atoms with Gasteiger partial charge < -0.3 is 5.73 Å². The third-order valence-corrected chi connectivity index (χ3v) is 4.13. The molecule has 0 aromatic heterocycles. The maximum Gasteiger partial charge on any atom is 0.0438 e. The SMILES string of the molecule is CCCCCCCCC(CN)Cc1ccccc1Cl. The molecule has 0 fully saturated rings. The first kappa shape index (κ1) is 16.5. The average molecular weight is 282 g/mol. The maximum atomic E-state index is 6.20. The summed E-state index contributed by atoms with van der Waals surface area (Å²) in [7, 11) is 0. The lowest BCUT2D eigenvalue weighted by Gasteiger charge is -2.15. The summed E-state index contributed by atoms with van der Waals surface area (Å²) in [6, 6.07) is 8.12. The molecule has 1 aromatic carbocycles. The average Bonchev–Trinajstić information content (AvgIpc) is 2.43. The van der Waals surface area contributed by atoms with Crippen LogP contribution in [0.15, 0.2) is 24.3 Å². The summed E-state index contributed by atoms with van der Waals surface area (Å²) in [4.78, 5) is 0. The van der Waals surface area contributed by atoms with E-state index in [0.717, 1.165) is 18.0 Å². The number of nitrogens with two attached hydrogens (primary N) is 1. The Hall–Kier alpha value is -0.530. The molecule has 0 heterocycles. The van der Waals surface area contributed by atoms with Crippen LogP contribution in [-0.4, -0.2) is 6.54 Å². The normalized spacial score (nSPS) is 12.6. The topological polar surface area (TPSA) is 26.0 Å². The fourth-order valence-corrected chi connectivity index (χ4v) is 2.70. The molecule has 0 aliphatic heterocycles. The Kier molecular flexibility index (Phi) is 8.94. The van der Waals surface area contributed by atoms with Gasteiger partial charge in [-0.05, 0) is 36.9 Å². The molecule has 0 aliphatic rings. The van der Waals surface area contributed by atoms with Gasteiger partial charge in [-0.25, -0.2) is 0 Å². The number of unbranched alkanes of at least 4 members (excludes halogenated alkanes) is 5. The van der Waals surface area contributed by atoms with Crippen LogP contribution in [0.5, 0.6) is 0 Å². The molecule has 1 atom stereocenters. The highest BCUT2D eigenvalue weighted by molar-refractivity contribution is 6.31. The van der Waals surface area contributed by atoms with Gasteiger partial charge in [-0.3, -0.25) is 0 Å². The van der Waals surface area contributed by atoms with Gasteiger partial charge in [0.25, 0.3) is 0 Å². The number of benzene rings is 1. The Morgan fingerprint density at radius 2 is 1.74 bits per heavy atom. The highest BCUT2D eigenvalue weighted by Gasteiger charge is 2.09. The third-order valence-electron chi connectivity index (χ3n) is 3.77. The molecule has 2 N–H and O–H groups in total. The zero-order valence-electron chi connectivity index (χ0n) is 12.2. The first-order valence-corrected chi connectivity index (χ1v) is 8.09. The van der Waals surface area contributed by atoms with Crippen LogP contribution in [0.2, 0.25) is 5.02 Å². The van der Waals surface area contributed by atoms with E-state index in [9.17, 15) is 0 Å². The summed E-state index contributed by atoms with van der Waals surface area (Å²) in [6.07, 6.45) is 10.3. The Morgan fingerprint density at radius 3 is 2.42 bits per heavy atom. The third kappa shape index (κ3) is 6.98. The molecule has 0 radical (unpaired) electrons. The molecule has 0 bridgehead atoms. The number of hydrogen-bond acceptors (Lipinski definition) is 1. The van der Waals surface area contributed by atoms with Gasteiger partial charge in [-0.1, -0.05) is 75.2 Å². The Balaban J connectivity index is 2.24. The molecule has 1 rings (SSSR count). The van der Waals surface area contributed by atoms with Crippen LogP contribution in [-0.2, 0) is 6.42 Å². The van der Waals surface area contributed by atoms with Crippen molar-refractivity contribution in [2.45, 2.75) is 58.3 Å². The minimum absolute atomic E-state index is 0.575. The van der Waals surface area contributed by atoms with Crippen molar-refractivity contribution >= 4 is 11.6 Å². The minimum atomic E-state index is 0.575. The van der Waals surface area contributed by atoms with E-state index < -0.39 is 0 Å². The van der Waals surface area contributed by atoms with Gasteiger partial charge in [0, 0.05) is 5.02 Å². The summed E-state index contributed by atoms with van der Waals surface area (Å²) in [6.45, 7) is 3.02. The Bertz CT molecular complexity index is 338. The van der Waals surface area contributed by atoms with Crippen LogP contribution < -0.4 is 5.73 Å². The van der Waals surface area contributed by atoms with E-state index in [2.05, 4.69) is 19.1 Å². The molecular weight excluding hydrogens is 254 g/mol. The van der Waals surface area contributed by atoms with Crippen LogP contribution in [0.25, 0.3) is 0 Å². The van der Waals surface area contributed by atoms with E-state index in [4.69, 9.17) is 17.3 Å². The second kappa shape index (κ2) is 10.3. The molecule has 0 saturated heterocycles. The summed E-state index contributed by atoms with van der Waals surface area (Å²) in [5.74, 6) is 0.575. The van der Waals surface area contributed by atoms with Gasteiger partial charge in [-0.2, -0.15) is 0 Å². The first-order chi connectivity index (χ1) is 9.27. The lowest BCUT2D eigenvalue weighted by molar-refractivity contribution is 0.456. The zero-order chi connectivity index (χ0) is 13.9. The van der Waals surface area contributed by atoms with Gasteiger partial charge in [0.2, 0.25) is 0 Å². The molecule has 2 heteroatoms. The van der Waals surface area contributed by atoms with E-state index in [1.807, 2.05) is 12.1 Å². The van der Waals surface area contributed by atoms with Gasteiger partial charge in [0.1, 0.15) is 0 Å². The molecule has 1 unspecified atom stereocenters. The van der Waals surface area contributed by atoms with E-state index >= 15 is 0 Å². The molecule has 1 aromatic rings. The molecular formula is C17H28ClN. The number of rotatable bonds is 10. The predicted octanol–water partition coefficient (Wildman–Crippen LogP) is 5.21. The van der Waals surface area contributed by atoms with Gasteiger partial charge in [0.15, 0.2) is 0 Å². The number of hydrogen-bond donors (Lipinski definition) is 1. The summed E-state index contributed by atoms with van der Waals surface area (Å²) >= 11 is 6.20. The highest BCUT2D eigenvalue weighted by Crippen LogP contribution is 2.21. The molecule has 0 saturated carbocycles. The van der Waals surface area contributed by atoms with Crippen molar-refractivity contribution in [2.24, 2.45) is 11.7 Å². The quantitative estimate of drug-likeness (QED) is 0.586. The first-order valence-electron chi connectivity index (χ1n) is 7.71.